The lowest BCUT2D eigenvalue weighted by Crippen LogP contribution is -2.36. The number of amides is 1. The van der Waals surface area contributed by atoms with E-state index in [1.54, 1.807) is 11.3 Å². The quantitative estimate of drug-likeness (QED) is 0.881. The van der Waals surface area contributed by atoms with E-state index in [2.05, 4.69) is 5.32 Å². The molecule has 0 saturated carbocycles. The number of hydrogen-bond acceptors (Lipinski definition) is 3. The molecule has 0 aliphatic heterocycles. The summed E-state index contributed by atoms with van der Waals surface area (Å²) in [5, 5.41) is 5.04. The normalized spacial score (nSPS) is 14.6. The minimum Gasteiger partial charge on any atom is -0.348 e. The second-order valence-electron chi connectivity index (χ2n) is 4.97. The molecule has 0 spiro atoms. The van der Waals surface area contributed by atoms with Gasteiger partial charge >= 0.3 is 0 Å². The third kappa shape index (κ3) is 4.56. The third-order valence-corrected chi connectivity index (χ3v) is 4.52. The summed E-state index contributed by atoms with van der Waals surface area (Å²) in [5.41, 5.74) is 7.16. The number of halogens is 1. The number of nitrogens with two attached hydrogens (primary N) is 1. The number of carbonyl (C=O) groups is 1. The van der Waals surface area contributed by atoms with Crippen LogP contribution >= 0.6 is 23.7 Å². The molecule has 0 radical (unpaired) electrons. The molecule has 114 valence electrons. The van der Waals surface area contributed by atoms with Crippen LogP contribution in [0.5, 0.6) is 0 Å². The standard InChI is InChI=1S/C16H20N2OS.ClH/c1-11(15(17)13-7-4-3-5-8-13)16(19)18-12(2)14-9-6-10-20-14;/h3-12,15H,17H2,1-2H3,(H,18,19);1H. The van der Waals surface area contributed by atoms with Gasteiger partial charge in [-0.15, -0.1) is 23.7 Å². The van der Waals surface area contributed by atoms with E-state index in [9.17, 15) is 4.79 Å². The Morgan fingerprint density at radius 3 is 2.38 bits per heavy atom. The fraction of sp³-hybridized carbons (Fsp3) is 0.312. The van der Waals surface area contributed by atoms with Crippen LogP contribution in [-0.2, 0) is 4.79 Å². The lowest BCUT2D eigenvalue weighted by molar-refractivity contribution is -0.125. The van der Waals surface area contributed by atoms with Crippen LogP contribution in [-0.4, -0.2) is 5.91 Å². The first-order valence-corrected chi connectivity index (χ1v) is 7.62. The number of benzene rings is 1. The Bertz CT molecular complexity index is 545. The van der Waals surface area contributed by atoms with Crippen LogP contribution in [0.1, 0.15) is 36.4 Å². The van der Waals surface area contributed by atoms with Gasteiger partial charge in [-0.25, -0.2) is 0 Å². The van der Waals surface area contributed by atoms with Crippen molar-refractivity contribution in [3.05, 3.63) is 58.3 Å². The van der Waals surface area contributed by atoms with Crippen molar-refractivity contribution < 1.29 is 4.79 Å². The maximum atomic E-state index is 12.3. The Balaban J connectivity index is 0.00000220. The van der Waals surface area contributed by atoms with E-state index in [0.29, 0.717) is 0 Å². The molecule has 1 aromatic carbocycles. The molecule has 3 N–H and O–H groups in total. The first kappa shape index (κ1) is 17.7. The summed E-state index contributed by atoms with van der Waals surface area (Å²) in [6.45, 7) is 3.86. The molecule has 2 aromatic rings. The van der Waals surface area contributed by atoms with Crippen LogP contribution in [0.15, 0.2) is 47.8 Å². The van der Waals surface area contributed by atoms with Gasteiger partial charge in [0, 0.05) is 10.9 Å². The predicted molar refractivity (Wildman–Crippen MR) is 90.7 cm³/mol. The van der Waals surface area contributed by atoms with Gasteiger partial charge < -0.3 is 11.1 Å². The summed E-state index contributed by atoms with van der Waals surface area (Å²) < 4.78 is 0. The minimum absolute atomic E-state index is 0. The van der Waals surface area contributed by atoms with Crippen LogP contribution in [0.3, 0.4) is 0 Å². The van der Waals surface area contributed by atoms with Crippen LogP contribution in [0, 0.1) is 5.92 Å². The van der Waals surface area contributed by atoms with Gasteiger partial charge in [-0.05, 0) is 23.9 Å². The molecular formula is C16H21ClN2OS. The highest BCUT2D eigenvalue weighted by Gasteiger charge is 2.23. The second kappa shape index (κ2) is 8.17. The van der Waals surface area contributed by atoms with Crippen LogP contribution < -0.4 is 11.1 Å². The van der Waals surface area contributed by atoms with Crippen molar-refractivity contribution in [2.45, 2.75) is 25.9 Å². The van der Waals surface area contributed by atoms with Crippen molar-refractivity contribution in [3.8, 4) is 0 Å². The summed E-state index contributed by atoms with van der Waals surface area (Å²) in [6, 6.07) is 13.5. The Kier molecular flexibility index (Phi) is 6.89. The van der Waals surface area contributed by atoms with Gasteiger partial charge in [0.05, 0.1) is 12.0 Å². The predicted octanol–water partition coefficient (Wildman–Crippen LogP) is 3.68. The highest BCUT2D eigenvalue weighted by molar-refractivity contribution is 7.10. The van der Waals surface area contributed by atoms with E-state index in [0.717, 1.165) is 10.4 Å². The zero-order valence-corrected chi connectivity index (χ0v) is 13.8. The van der Waals surface area contributed by atoms with Crippen LogP contribution in [0.25, 0.3) is 0 Å². The van der Waals surface area contributed by atoms with Gasteiger partial charge in [-0.2, -0.15) is 0 Å². The summed E-state index contributed by atoms with van der Waals surface area (Å²) >= 11 is 1.64. The van der Waals surface area contributed by atoms with Crippen molar-refractivity contribution in [1.29, 1.82) is 0 Å². The first-order valence-electron chi connectivity index (χ1n) is 6.74. The number of hydrogen-bond donors (Lipinski definition) is 2. The lowest BCUT2D eigenvalue weighted by atomic mass is 9.94. The van der Waals surface area contributed by atoms with Crippen molar-refractivity contribution >= 4 is 29.7 Å². The van der Waals surface area contributed by atoms with Gasteiger partial charge in [0.15, 0.2) is 0 Å². The van der Waals surface area contributed by atoms with Crippen molar-refractivity contribution in [1.82, 2.24) is 5.32 Å². The fourth-order valence-corrected chi connectivity index (χ4v) is 2.82. The Hall–Kier alpha value is -1.36. The molecule has 0 aliphatic rings. The van der Waals surface area contributed by atoms with E-state index >= 15 is 0 Å². The maximum Gasteiger partial charge on any atom is 0.225 e. The molecule has 0 fully saturated rings. The molecule has 1 aromatic heterocycles. The highest BCUT2D eigenvalue weighted by Crippen LogP contribution is 2.22. The van der Waals surface area contributed by atoms with E-state index in [1.807, 2.05) is 61.7 Å². The fourth-order valence-electron chi connectivity index (χ4n) is 2.08. The van der Waals surface area contributed by atoms with Gasteiger partial charge in [0.1, 0.15) is 0 Å². The van der Waals surface area contributed by atoms with E-state index < -0.39 is 0 Å². The van der Waals surface area contributed by atoms with E-state index in [1.165, 1.54) is 0 Å². The highest BCUT2D eigenvalue weighted by atomic mass is 35.5. The first-order chi connectivity index (χ1) is 9.59. The monoisotopic (exact) mass is 324 g/mol. The smallest absolute Gasteiger partial charge is 0.225 e. The Morgan fingerprint density at radius 1 is 1.14 bits per heavy atom. The molecule has 3 nitrogen and oxygen atoms in total. The number of nitrogens with one attached hydrogen (secondary N) is 1. The number of carbonyl (C=O) groups excluding carboxylic acids is 1. The lowest BCUT2D eigenvalue weighted by Gasteiger charge is -2.22. The number of rotatable bonds is 5. The zero-order chi connectivity index (χ0) is 14.5. The zero-order valence-electron chi connectivity index (χ0n) is 12.2. The largest absolute Gasteiger partial charge is 0.348 e. The molecule has 1 heterocycles. The topological polar surface area (TPSA) is 55.1 Å². The third-order valence-electron chi connectivity index (χ3n) is 3.47. The molecule has 21 heavy (non-hydrogen) atoms. The van der Waals surface area contributed by atoms with Crippen molar-refractivity contribution in [2.24, 2.45) is 11.7 Å². The Morgan fingerprint density at radius 2 is 1.81 bits per heavy atom. The average molecular weight is 325 g/mol. The molecule has 0 saturated heterocycles. The Labute approximate surface area is 136 Å². The molecule has 1 amide bonds. The van der Waals surface area contributed by atoms with E-state index in [-0.39, 0.29) is 36.3 Å². The molecule has 0 aliphatic carbocycles. The SMILES string of the molecule is CC(NC(=O)C(C)C(N)c1ccccc1)c1cccs1.Cl. The molecule has 2 rings (SSSR count). The summed E-state index contributed by atoms with van der Waals surface area (Å²) in [7, 11) is 0. The molecule has 3 unspecified atom stereocenters. The maximum absolute atomic E-state index is 12.3. The average Bonchev–Trinajstić information content (AvgIpc) is 3.01. The minimum atomic E-state index is -0.285. The van der Waals surface area contributed by atoms with Gasteiger partial charge in [0.2, 0.25) is 5.91 Å². The second-order valence-corrected chi connectivity index (χ2v) is 5.95. The van der Waals surface area contributed by atoms with Crippen LogP contribution in [0.4, 0.5) is 0 Å². The van der Waals surface area contributed by atoms with E-state index in [4.69, 9.17) is 5.73 Å². The van der Waals surface area contributed by atoms with Crippen LogP contribution in [0.2, 0.25) is 0 Å². The number of thiophene rings is 1. The van der Waals surface area contributed by atoms with Gasteiger partial charge in [0.25, 0.3) is 0 Å². The van der Waals surface area contributed by atoms with Gasteiger partial charge in [-0.3, -0.25) is 4.79 Å². The van der Waals surface area contributed by atoms with Gasteiger partial charge in [-0.1, -0.05) is 43.3 Å². The molecule has 5 heteroatoms. The molecule has 0 bridgehead atoms. The summed E-state index contributed by atoms with van der Waals surface area (Å²) in [6.07, 6.45) is 0. The summed E-state index contributed by atoms with van der Waals surface area (Å²) in [4.78, 5) is 13.4. The molecular weight excluding hydrogens is 304 g/mol. The summed E-state index contributed by atoms with van der Waals surface area (Å²) in [5.74, 6) is -0.276. The molecule has 3 atom stereocenters. The van der Waals surface area contributed by atoms with Crippen molar-refractivity contribution in [3.63, 3.8) is 0 Å². The van der Waals surface area contributed by atoms with Crippen molar-refractivity contribution in [2.75, 3.05) is 0 Å².